The van der Waals surface area contributed by atoms with Gasteiger partial charge in [0.2, 0.25) is 0 Å². The molecule has 1 aromatic carbocycles. The second kappa shape index (κ2) is 9.01. The highest BCUT2D eigenvalue weighted by Crippen LogP contribution is 2.12. The molecule has 0 aliphatic rings. The standard InChI is InChI=1S/C19H28N4O/c1-20-19(23(3)15-17-8-6-14-22(17)2)21-13-5-7-16-9-11-18(24-4)12-10-16/h6,8-12,14H,5,7,13,15H2,1-4H3,(H,20,21). The van der Waals surface area contributed by atoms with Gasteiger partial charge in [-0.3, -0.25) is 4.99 Å². The summed E-state index contributed by atoms with van der Waals surface area (Å²) in [5.74, 6) is 1.82. The van der Waals surface area contributed by atoms with Gasteiger partial charge in [0.15, 0.2) is 5.96 Å². The molecule has 0 bridgehead atoms. The third-order valence-corrected chi connectivity index (χ3v) is 4.11. The Bertz CT molecular complexity index is 646. The van der Waals surface area contributed by atoms with Gasteiger partial charge >= 0.3 is 0 Å². The quantitative estimate of drug-likeness (QED) is 0.483. The number of guanidine groups is 1. The molecular formula is C19H28N4O. The van der Waals surface area contributed by atoms with Crippen LogP contribution in [0.3, 0.4) is 0 Å². The van der Waals surface area contributed by atoms with E-state index in [0.717, 1.165) is 37.6 Å². The van der Waals surface area contributed by atoms with E-state index in [2.05, 4.69) is 64.3 Å². The van der Waals surface area contributed by atoms with Gasteiger partial charge in [0.05, 0.1) is 13.7 Å². The van der Waals surface area contributed by atoms with Crippen LogP contribution in [-0.2, 0) is 20.0 Å². The monoisotopic (exact) mass is 328 g/mol. The topological polar surface area (TPSA) is 41.8 Å². The second-order valence-corrected chi connectivity index (χ2v) is 5.89. The molecule has 5 nitrogen and oxygen atoms in total. The number of benzene rings is 1. The van der Waals surface area contributed by atoms with Crippen molar-refractivity contribution in [2.75, 3.05) is 27.7 Å². The zero-order chi connectivity index (χ0) is 17.4. The molecule has 0 amide bonds. The van der Waals surface area contributed by atoms with Crippen molar-refractivity contribution in [3.63, 3.8) is 0 Å². The molecule has 2 aromatic rings. The molecule has 5 heteroatoms. The van der Waals surface area contributed by atoms with Gasteiger partial charge in [0.1, 0.15) is 5.75 Å². The van der Waals surface area contributed by atoms with E-state index in [-0.39, 0.29) is 0 Å². The number of aryl methyl sites for hydroxylation is 2. The maximum absolute atomic E-state index is 5.18. The number of nitrogens with zero attached hydrogens (tertiary/aromatic N) is 3. The lowest BCUT2D eigenvalue weighted by molar-refractivity contribution is 0.414. The van der Waals surface area contributed by atoms with Crippen molar-refractivity contribution in [2.24, 2.45) is 12.0 Å². The van der Waals surface area contributed by atoms with Gasteiger partial charge in [-0.25, -0.2) is 0 Å². The van der Waals surface area contributed by atoms with E-state index in [1.165, 1.54) is 11.3 Å². The molecule has 0 aliphatic heterocycles. The molecule has 0 spiro atoms. The fraction of sp³-hybridized carbons (Fsp3) is 0.421. The van der Waals surface area contributed by atoms with E-state index in [0.29, 0.717) is 0 Å². The Kier molecular flexibility index (Phi) is 6.73. The first-order valence-corrected chi connectivity index (χ1v) is 8.29. The third-order valence-electron chi connectivity index (χ3n) is 4.11. The van der Waals surface area contributed by atoms with Crippen LogP contribution in [0, 0.1) is 0 Å². The largest absolute Gasteiger partial charge is 0.497 e. The summed E-state index contributed by atoms with van der Waals surface area (Å²) in [5.41, 5.74) is 2.59. The van der Waals surface area contributed by atoms with Gasteiger partial charge in [-0.1, -0.05) is 12.1 Å². The summed E-state index contributed by atoms with van der Waals surface area (Å²) in [7, 11) is 7.64. The Morgan fingerprint density at radius 2 is 2.00 bits per heavy atom. The minimum atomic E-state index is 0.835. The number of hydrogen-bond donors (Lipinski definition) is 1. The third kappa shape index (κ3) is 5.05. The Hall–Kier alpha value is -2.43. The Morgan fingerprint density at radius 3 is 2.58 bits per heavy atom. The van der Waals surface area contributed by atoms with Crippen molar-refractivity contribution < 1.29 is 4.74 Å². The lowest BCUT2D eigenvalue weighted by Gasteiger charge is -2.22. The van der Waals surface area contributed by atoms with Crippen LogP contribution in [0.2, 0.25) is 0 Å². The Balaban J connectivity index is 1.75. The second-order valence-electron chi connectivity index (χ2n) is 5.89. The number of aliphatic imine (C=N–C) groups is 1. The minimum Gasteiger partial charge on any atom is -0.497 e. The van der Waals surface area contributed by atoms with Gasteiger partial charge in [-0.15, -0.1) is 0 Å². The van der Waals surface area contributed by atoms with Gasteiger partial charge in [-0.2, -0.15) is 0 Å². The average Bonchev–Trinajstić information content (AvgIpc) is 3.00. The maximum atomic E-state index is 5.18. The molecular weight excluding hydrogens is 300 g/mol. The fourth-order valence-corrected chi connectivity index (χ4v) is 2.65. The zero-order valence-electron chi connectivity index (χ0n) is 15.1. The fourth-order valence-electron chi connectivity index (χ4n) is 2.65. The minimum absolute atomic E-state index is 0.835. The van der Waals surface area contributed by atoms with E-state index in [9.17, 15) is 0 Å². The maximum Gasteiger partial charge on any atom is 0.193 e. The molecule has 0 atom stereocenters. The molecule has 2 rings (SSSR count). The molecule has 0 aliphatic carbocycles. The van der Waals surface area contributed by atoms with Crippen LogP contribution in [0.5, 0.6) is 5.75 Å². The molecule has 1 N–H and O–H groups in total. The SMILES string of the molecule is CN=C(NCCCc1ccc(OC)cc1)N(C)Cc1cccn1C. The molecule has 0 unspecified atom stereocenters. The molecule has 0 fully saturated rings. The lowest BCUT2D eigenvalue weighted by atomic mass is 10.1. The summed E-state index contributed by atoms with van der Waals surface area (Å²) >= 11 is 0. The summed E-state index contributed by atoms with van der Waals surface area (Å²) < 4.78 is 7.32. The molecule has 0 saturated carbocycles. The van der Waals surface area contributed by atoms with E-state index < -0.39 is 0 Å². The highest BCUT2D eigenvalue weighted by atomic mass is 16.5. The average molecular weight is 328 g/mol. The summed E-state index contributed by atoms with van der Waals surface area (Å²) in [6.45, 7) is 1.73. The number of aromatic nitrogens is 1. The van der Waals surface area contributed by atoms with Gasteiger partial charge in [0.25, 0.3) is 0 Å². The van der Waals surface area contributed by atoms with E-state index >= 15 is 0 Å². The smallest absolute Gasteiger partial charge is 0.193 e. The Labute approximate surface area is 145 Å². The molecule has 0 radical (unpaired) electrons. The van der Waals surface area contributed by atoms with Crippen molar-refractivity contribution in [2.45, 2.75) is 19.4 Å². The highest BCUT2D eigenvalue weighted by Gasteiger charge is 2.07. The molecule has 1 aromatic heterocycles. The van der Waals surface area contributed by atoms with Crippen LogP contribution in [-0.4, -0.2) is 43.2 Å². The van der Waals surface area contributed by atoms with Gasteiger partial charge in [0, 0.05) is 39.6 Å². The summed E-state index contributed by atoms with van der Waals surface area (Å²) in [4.78, 5) is 6.51. The van der Waals surface area contributed by atoms with Crippen molar-refractivity contribution >= 4 is 5.96 Å². The van der Waals surface area contributed by atoms with Crippen molar-refractivity contribution in [1.82, 2.24) is 14.8 Å². The molecule has 0 saturated heterocycles. The first-order valence-electron chi connectivity index (χ1n) is 8.29. The van der Waals surface area contributed by atoms with Crippen LogP contribution < -0.4 is 10.1 Å². The van der Waals surface area contributed by atoms with Crippen LogP contribution in [0.15, 0.2) is 47.6 Å². The van der Waals surface area contributed by atoms with Crippen LogP contribution in [0.25, 0.3) is 0 Å². The lowest BCUT2D eigenvalue weighted by Crippen LogP contribution is -2.39. The van der Waals surface area contributed by atoms with E-state index in [1.807, 2.05) is 19.2 Å². The van der Waals surface area contributed by atoms with Crippen LogP contribution in [0.1, 0.15) is 17.7 Å². The summed E-state index contributed by atoms with van der Waals surface area (Å²) in [5, 5.41) is 3.44. The summed E-state index contributed by atoms with van der Waals surface area (Å²) in [6.07, 6.45) is 4.16. The number of methoxy groups -OCH3 is 1. The van der Waals surface area contributed by atoms with Crippen molar-refractivity contribution in [1.29, 1.82) is 0 Å². The first kappa shape index (κ1) is 17.9. The number of ether oxygens (including phenoxy) is 1. The predicted molar refractivity (Wildman–Crippen MR) is 99.6 cm³/mol. The number of hydrogen-bond acceptors (Lipinski definition) is 2. The predicted octanol–water partition coefficient (Wildman–Crippen LogP) is 2.67. The first-order chi connectivity index (χ1) is 11.6. The molecule has 24 heavy (non-hydrogen) atoms. The van der Waals surface area contributed by atoms with Crippen LogP contribution in [0.4, 0.5) is 0 Å². The van der Waals surface area contributed by atoms with Crippen LogP contribution >= 0.6 is 0 Å². The van der Waals surface area contributed by atoms with Crippen molar-refractivity contribution in [3.8, 4) is 5.75 Å². The normalized spacial score (nSPS) is 11.4. The zero-order valence-corrected chi connectivity index (χ0v) is 15.1. The highest BCUT2D eigenvalue weighted by molar-refractivity contribution is 5.79. The van der Waals surface area contributed by atoms with Crippen molar-refractivity contribution in [3.05, 3.63) is 53.9 Å². The van der Waals surface area contributed by atoms with Gasteiger partial charge in [-0.05, 0) is 42.7 Å². The molecule has 1 heterocycles. The molecule has 130 valence electrons. The van der Waals surface area contributed by atoms with Gasteiger partial charge < -0.3 is 19.5 Å². The number of nitrogens with one attached hydrogen (secondary N) is 1. The van der Waals surface area contributed by atoms with E-state index in [4.69, 9.17) is 4.74 Å². The Morgan fingerprint density at radius 1 is 1.25 bits per heavy atom. The summed E-state index contributed by atoms with van der Waals surface area (Å²) in [6, 6.07) is 12.5. The van der Waals surface area contributed by atoms with E-state index in [1.54, 1.807) is 7.11 Å². The number of rotatable bonds is 7.